The molecule has 0 fully saturated rings. The van der Waals surface area contributed by atoms with Gasteiger partial charge in [-0.25, -0.2) is 0 Å². The van der Waals surface area contributed by atoms with Gasteiger partial charge in [0.25, 0.3) is 0 Å². The van der Waals surface area contributed by atoms with E-state index in [4.69, 9.17) is 10.6 Å². The van der Waals surface area contributed by atoms with E-state index in [9.17, 15) is 0 Å². The molecule has 2 heterocycles. The first-order chi connectivity index (χ1) is 9.38. The SMILES string of the molecule is NNC(Cc1cccs1)C1CCOc2ccccc21. The number of thiophene rings is 1. The van der Waals surface area contributed by atoms with Crippen LogP contribution < -0.4 is 16.0 Å². The van der Waals surface area contributed by atoms with Gasteiger partial charge < -0.3 is 4.74 Å². The second-order valence-electron chi connectivity index (χ2n) is 4.84. The van der Waals surface area contributed by atoms with Gasteiger partial charge in [-0.2, -0.15) is 0 Å². The third-order valence-electron chi connectivity index (χ3n) is 3.71. The molecular formula is C15H18N2OS. The lowest BCUT2D eigenvalue weighted by Crippen LogP contribution is -2.42. The maximum absolute atomic E-state index is 5.79. The number of benzene rings is 1. The molecule has 2 atom stereocenters. The summed E-state index contributed by atoms with van der Waals surface area (Å²) >= 11 is 1.79. The van der Waals surface area contributed by atoms with Gasteiger partial charge in [0.2, 0.25) is 0 Å². The maximum atomic E-state index is 5.79. The summed E-state index contributed by atoms with van der Waals surface area (Å²) in [6, 6.07) is 12.8. The van der Waals surface area contributed by atoms with Crippen LogP contribution in [0.1, 0.15) is 22.8 Å². The standard InChI is InChI=1S/C15H18N2OS/c16-17-14(10-11-4-3-9-19-11)12-7-8-18-15-6-2-1-5-13(12)15/h1-6,9,12,14,17H,7-8,10,16H2. The Morgan fingerprint density at radius 2 is 2.21 bits per heavy atom. The monoisotopic (exact) mass is 274 g/mol. The molecule has 0 amide bonds. The molecular weight excluding hydrogens is 256 g/mol. The highest BCUT2D eigenvalue weighted by Crippen LogP contribution is 2.36. The molecule has 2 unspecified atom stereocenters. The van der Waals surface area contributed by atoms with E-state index in [1.165, 1.54) is 10.4 Å². The predicted octanol–water partition coefficient (Wildman–Crippen LogP) is 2.69. The van der Waals surface area contributed by atoms with Crippen LogP contribution in [-0.4, -0.2) is 12.6 Å². The summed E-state index contributed by atoms with van der Waals surface area (Å²) in [5.74, 6) is 7.21. The molecule has 1 aromatic heterocycles. The highest BCUT2D eigenvalue weighted by atomic mass is 32.1. The molecule has 3 rings (SSSR count). The Labute approximate surface area is 117 Å². The van der Waals surface area contributed by atoms with Gasteiger partial charge >= 0.3 is 0 Å². The molecule has 0 spiro atoms. The Balaban J connectivity index is 1.84. The number of hydrazine groups is 1. The summed E-state index contributed by atoms with van der Waals surface area (Å²) in [5.41, 5.74) is 4.27. The van der Waals surface area contributed by atoms with Crippen LogP contribution in [-0.2, 0) is 6.42 Å². The Hall–Kier alpha value is -1.36. The van der Waals surface area contributed by atoms with E-state index >= 15 is 0 Å². The van der Waals surface area contributed by atoms with Crippen molar-refractivity contribution in [2.24, 2.45) is 5.84 Å². The van der Waals surface area contributed by atoms with Crippen molar-refractivity contribution in [3.05, 3.63) is 52.2 Å². The van der Waals surface area contributed by atoms with Gasteiger partial charge in [-0.05, 0) is 35.9 Å². The highest BCUT2D eigenvalue weighted by molar-refractivity contribution is 7.09. The van der Waals surface area contributed by atoms with Crippen LogP contribution in [0.25, 0.3) is 0 Å². The minimum absolute atomic E-state index is 0.253. The smallest absolute Gasteiger partial charge is 0.122 e. The second kappa shape index (κ2) is 5.74. The molecule has 3 nitrogen and oxygen atoms in total. The number of hydrogen-bond donors (Lipinski definition) is 2. The van der Waals surface area contributed by atoms with Crippen molar-refractivity contribution in [2.75, 3.05) is 6.61 Å². The van der Waals surface area contributed by atoms with Crippen molar-refractivity contribution in [1.29, 1.82) is 0 Å². The van der Waals surface area contributed by atoms with Gasteiger partial charge in [-0.1, -0.05) is 24.3 Å². The number of ether oxygens (including phenoxy) is 1. The number of fused-ring (bicyclic) bond motifs is 1. The lowest BCUT2D eigenvalue weighted by Gasteiger charge is -2.31. The number of hydrogen-bond acceptors (Lipinski definition) is 4. The van der Waals surface area contributed by atoms with E-state index in [-0.39, 0.29) is 6.04 Å². The summed E-state index contributed by atoms with van der Waals surface area (Å²) < 4.78 is 5.72. The molecule has 4 heteroatoms. The third kappa shape index (κ3) is 2.66. The minimum atomic E-state index is 0.253. The first-order valence-electron chi connectivity index (χ1n) is 6.58. The molecule has 3 N–H and O–H groups in total. The van der Waals surface area contributed by atoms with E-state index in [1.54, 1.807) is 11.3 Å². The Morgan fingerprint density at radius 3 is 3.00 bits per heavy atom. The van der Waals surface area contributed by atoms with E-state index in [0.29, 0.717) is 5.92 Å². The number of nitrogens with one attached hydrogen (secondary N) is 1. The van der Waals surface area contributed by atoms with Crippen LogP contribution in [0.3, 0.4) is 0 Å². The van der Waals surface area contributed by atoms with Crippen molar-refractivity contribution < 1.29 is 4.74 Å². The number of nitrogens with two attached hydrogens (primary N) is 1. The summed E-state index contributed by atoms with van der Waals surface area (Å²) in [7, 11) is 0. The average molecular weight is 274 g/mol. The van der Waals surface area contributed by atoms with Crippen molar-refractivity contribution in [3.63, 3.8) is 0 Å². The molecule has 0 bridgehead atoms. The van der Waals surface area contributed by atoms with Gasteiger partial charge in [-0.15, -0.1) is 11.3 Å². The molecule has 19 heavy (non-hydrogen) atoms. The quantitative estimate of drug-likeness (QED) is 0.665. The number of rotatable bonds is 4. The Kier molecular flexibility index (Phi) is 3.82. The molecule has 100 valence electrons. The van der Waals surface area contributed by atoms with Gasteiger partial charge in [0.15, 0.2) is 0 Å². The van der Waals surface area contributed by atoms with E-state index in [1.807, 2.05) is 12.1 Å². The highest BCUT2D eigenvalue weighted by Gasteiger charge is 2.28. The summed E-state index contributed by atoms with van der Waals surface area (Å²) in [6.45, 7) is 0.768. The first kappa shape index (κ1) is 12.7. The minimum Gasteiger partial charge on any atom is -0.493 e. The lowest BCUT2D eigenvalue weighted by atomic mass is 9.85. The molecule has 2 aromatic rings. The molecule has 1 aromatic carbocycles. The van der Waals surface area contributed by atoms with Crippen molar-refractivity contribution in [3.8, 4) is 5.75 Å². The fourth-order valence-corrected chi connectivity index (χ4v) is 3.52. The van der Waals surface area contributed by atoms with E-state index in [2.05, 4.69) is 35.1 Å². The topological polar surface area (TPSA) is 47.3 Å². The van der Waals surface area contributed by atoms with Crippen LogP contribution in [0, 0.1) is 0 Å². The Bertz CT molecular complexity index is 527. The zero-order valence-corrected chi connectivity index (χ0v) is 11.5. The van der Waals surface area contributed by atoms with Gasteiger partial charge in [0, 0.05) is 16.8 Å². The molecule has 0 saturated heterocycles. The predicted molar refractivity (Wildman–Crippen MR) is 78.4 cm³/mol. The zero-order chi connectivity index (χ0) is 13.1. The van der Waals surface area contributed by atoms with Crippen LogP contribution in [0.5, 0.6) is 5.75 Å². The summed E-state index contributed by atoms with van der Waals surface area (Å²) in [5, 5.41) is 2.11. The molecule has 0 saturated carbocycles. The summed E-state index contributed by atoms with van der Waals surface area (Å²) in [6.07, 6.45) is 1.98. The molecule has 0 radical (unpaired) electrons. The maximum Gasteiger partial charge on any atom is 0.122 e. The molecule has 0 aliphatic carbocycles. The van der Waals surface area contributed by atoms with E-state index < -0.39 is 0 Å². The van der Waals surface area contributed by atoms with Crippen LogP contribution in [0.2, 0.25) is 0 Å². The fraction of sp³-hybridized carbons (Fsp3) is 0.333. The summed E-state index contributed by atoms with van der Waals surface area (Å²) in [4.78, 5) is 1.37. The first-order valence-corrected chi connectivity index (χ1v) is 7.46. The third-order valence-corrected chi connectivity index (χ3v) is 4.60. The number of para-hydroxylation sites is 1. The van der Waals surface area contributed by atoms with Crippen molar-refractivity contribution in [1.82, 2.24) is 5.43 Å². The van der Waals surface area contributed by atoms with Crippen LogP contribution in [0.15, 0.2) is 41.8 Å². The van der Waals surface area contributed by atoms with Crippen molar-refractivity contribution in [2.45, 2.75) is 24.8 Å². The van der Waals surface area contributed by atoms with Crippen LogP contribution >= 0.6 is 11.3 Å². The van der Waals surface area contributed by atoms with Crippen LogP contribution in [0.4, 0.5) is 0 Å². The van der Waals surface area contributed by atoms with Crippen molar-refractivity contribution >= 4 is 11.3 Å². The largest absolute Gasteiger partial charge is 0.493 e. The second-order valence-corrected chi connectivity index (χ2v) is 5.87. The van der Waals surface area contributed by atoms with Gasteiger partial charge in [-0.3, -0.25) is 11.3 Å². The Morgan fingerprint density at radius 1 is 1.32 bits per heavy atom. The lowest BCUT2D eigenvalue weighted by molar-refractivity contribution is 0.245. The fourth-order valence-electron chi connectivity index (χ4n) is 2.75. The van der Waals surface area contributed by atoms with E-state index in [0.717, 1.165) is 25.2 Å². The van der Waals surface area contributed by atoms with Gasteiger partial charge in [0.1, 0.15) is 5.75 Å². The molecule has 1 aliphatic rings. The zero-order valence-electron chi connectivity index (χ0n) is 10.7. The average Bonchev–Trinajstić information content (AvgIpc) is 2.97. The van der Waals surface area contributed by atoms with Gasteiger partial charge in [0.05, 0.1) is 6.61 Å². The normalized spacial score (nSPS) is 19.5. The molecule has 1 aliphatic heterocycles.